The second-order valence-corrected chi connectivity index (χ2v) is 10.5. The summed E-state index contributed by atoms with van der Waals surface area (Å²) >= 11 is 0. The van der Waals surface area contributed by atoms with Gasteiger partial charge in [0, 0.05) is 5.70 Å². The molecule has 0 spiro atoms. The molecule has 1 N–H and O–H groups in total. The molecule has 2 aliphatic rings. The normalized spacial score (nSPS) is 23.1. The number of carbonyl (C=O) groups is 1. The Bertz CT molecular complexity index is 703. The van der Waals surface area contributed by atoms with E-state index in [2.05, 4.69) is 32.3 Å². The number of amides is 1. The zero-order valence-corrected chi connectivity index (χ0v) is 22.2. The Morgan fingerprint density at radius 1 is 0.857 bits per heavy atom. The molecule has 0 aromatic rings. The van der Waals surface area contributed by atoms with Crippen molar-refractivity contribution in [2.24, 2.45) is 5.92 Å². The van der Waals surface area contributed by atoms with E-state index in [0.29, 0.717) is 5.76 Å². The Balaban J connectivity index is 1.67. The second-order valence-electron chi connectivity index (χ2n) is 10.5. The van der Waals surface area contributed by atoms with Gasteiger partial charge in [-0.25, -0.2) is 0 Å². The number of hydrogen-bond donors (Lipinski definition) is 1. The van der Waals surface area contributed by atoms with E-state index < -0.39 is 0 Å². The monoisotopic (exact) mass is 478 g/mol. The van der Waals surface area contributed by atoms with Gasteiger partial charge in [-0.1, -0.05) is 139 Å². The summed E-state index contributed by atoms with van der Waals surface area (Å²) in [6, 6.07) is 0. The molecule has 1 amide bonds. The fraction of sp³-hybridized carbons (Fsp3) is 0.645. The lowest BCUT2D eigenvalue weighted by Gasteiger charge is -2.24. The van der Waals surface area contributed by atoms with E-state index >= 15 is 0 Å². The van der Waals surface area contributed by atoms with E-state index in [4.69, 9.17) is 4.74 Å². The molecule has 4 heteroatoms. The average molecular weight is 479 g/mol. The minimum absolute atomic E-state index is 0.0392. The van der Waals surface area contributed by atoms with Crippen molar-refractivity contribution in [3.8, 4) is 0 Å². The number of nitrogens with one attached hydrogen (secondary N) is 1. The average Bonchev–Trinajstić information content (AvgIpc) is 2.93. The molecule has 0 saturated heterocycles. The summed E-state index contributed by atoms with van der Waals surface area (Å²) in [6.45, 7) is 11.4. The van der Waals surface area contributed by atoms with Crippen molar-refractivity contribution in [2.45, 2.75) is 114 Å². The van der Waals surface area contributed by atoms with Gasteiger partial charge < -0.3 is 10.1 Å². The number of ether oxygens (including phenoxy) is 1. The van der Waals surface area contributed by atoms with E-state index in [9.17, 15) is 4.79 Å². The van der Waals surface area contributed by atoms with Gasteiger partial charge >= 0.3 is 0 Å². The smallest absolute Gasteiger partial charge is 0.262 e. The zero-order valence-electron chi connectivity index (χ0n) is 22.2. The summed E-state index contributed by atoms with van der Waals surface area (Å²) in [4.78, 5) is 12.3. The highest BCUT2D eigenvalue weighted by Gasteiger charge is 2.21. The van der Waals surface area contributed by atoms with E-state index in [-0.39, 0.29) is 12.5 Å². The molecule has 0 aromatic carbocycles. The molecule has 2 fully saturated rings. The number of rotatable bonds is 12. The molecule has 35 heavy (non-hydrogen) atoms. The molecule has 2 atom stereocenters. The molecule has 0 aromatic heterocycles. The summed E-state index contributed by atoms with van der Waals surface area (Å²) in [5.41, 5.74) is 0.796. The van der Waals surface area contributed by atoms with Crippen LogP contribution in [0.25, 0.3) is 0 Å². The Hall–Kier alpha value is -1.97. The van der Waals surface area contributed by atoms with Crippen LogP contribution in [-0.4, -0.2) is 19.8 Å². The molecule has 2 saturated carbocycles. The molecule has 3 nitrogen and oxygen atoms in total. The maximum Gasteiger partial charge on any atom is 0.262 e. The Labute approximate surface area is 216 Å². The number of allylic oxidation sites excluding steroid dienone is 6. The van der Waals surface area contributed by atoms with Crippen molar-refractivity contribution in [1.82, 2.24) is 5.32 Å². The Morgan fingerprint density at radius 2 is 1.46 bits per heavy atom. The highest BCUT2D eigenvalue weighted by Crippen LogP contribution is 2.35. The van der Waals surface area contributed by atoms with Crippen LogP contribution in [0, 0.1) is 5.92 Å². The minimum Gasteiger partial charge on any atom is -0.484 e. The predicted octanol–water partition coefficient (Wildman–Crippen LogP) is 8.61. The van der Waals surface area contributed by atoms with Crippen molar-refractivity contribution in [3.63, 3.8) is 0 Å². The highest BCUT2D eigenvalue weighted by molar-refractivity contribution is 6.39. The maximum atomic E-state index is 12.3. The Kier molecular flexibility index (Phi) is 15.3. The first-order valence-corrected chi connectivity index (χ1v) is 14.2. The lowest BCUT2D eigenvalue weighted by Crippen LogP contribution is -2.26. The maximum absolute atomic E-state index is 12.3. The van der Waals surface area contributed by atoms with Crippen LogP contribution in [0.5, 0.6) is 0 Å². The third-order valence-corrected chi connectivity index (χ3v) is 7.54. The topological polar surface area (TPSA) is 38.3 Å². The fourth-order valence-corrected chi connectivity index (χ4v) is 5.60. The molecule has 1 radical (unpaired) electrons. The zero-order chi connectivity index (χ0) is 25.1. The summed E-state index contributed by atoms with van der Waals surface area (Å²) in [7, 11) is 2.77. The first-order chi connectivity index (χ1) is 17.1. The first-order valence-electron chi connectivity index (χ1n) is 14.2. The lowest BCUT2D eigenvalue weighted by atomic mass is 9.50. The first kappa shape index (κ1) is 29.3. The van der Waals surface area contributed by atoms with Gasteiger partial charge in [-0.15, -0.1) is 0 Å². The van der Waals surface area contributed by atoms with Crippen LogP contribution < -0.4 is 5.32 Å². The van der Waals surface area contributed by atoms with Gasteiger partial charge in [0.05, 0.1) is 0 Å². The molecule has 2 aliphatic carbocycles. The van der Waals surface area contributed by atoms with Crippen molar-refractivity contribution in [2.75, 3.05) is 6.61 Å². The van der Waals surface area contributed by atoms with E-state index in [0.717, 1.165) is 36.1 Å². The van der Waals surface area contributed by atoms with Crippen molar-refractivity contribution in [1.29, 1.82) is 0 Å². The molecule has 2 rings (SSSR count). The van der Waals surface area contributed by atoms with Gasteiger partial charge in [-0.3, -0.25) is 4.79 Å². The van der Waals surface area contributed by atoms with Crippen LogP contribution in [-0.2, 0) is 9.53 Å². The minimum atomic E-state index is -0.168. The van der Waals surface area contributed by atoms with Gasteiger partial charge in [0.1, 0.15) is 13.0 Å². The molecule has 0 heterocycles. The number of carbonyl (C=O) groups excluding carboxylic acids is 1. The lowest BCUT2D eigenvalue weighted by molar-refractivity contribution is -0.123. The van der Waals surface area contributed by atoms with Gasteiger partial charge in [0.2, 0.25) is 0 Å². The summed E-state index contributed by atoms with van der Waals surface area (Å²) < 4.78 is 5.56. The second kappa shape index (κ2) is 18.3. The molecular weight excluding hydrogens is 429 g/mol. The molecule has 0 bridgehead atoms. The highest BCUT2D eigenvalue weighted by atomic mass is 16.5. The van der Waals surface area contributed by atoms with Crippen LogP contribution >= 0.6 is 0 Å². The van der Waals surface area contributed by atoms with Gasteiger partial charge in [-0.05, 0) is 30.9 Å². The third kappa shape index (κ3) is 13.6. The van der Waals surface area contributed by atoms with Crippen LogP contribution in [0.4, 0.5) is 0 Å². The summed E-state index contributed by atoms with van der Waals surface area (Å²) in [5, 5.41) is 2.91. The van der Waals surface area contributed by atoms with Gasteiger partial charge in [0.15, 0.2) is 6.61 Å². The van der Waals surface area contributed by atoms with Crippen LogP contribution in [0.2, 0.25) is 11.6 Å². The van der Waals surface area contributed by atoms with Gasteiger partial charge in [0.25, 0.3) is 5.91 Å². The van der Waals surface area contributed by atoms with Crippen molar-refractivity contribution in [3.05, 3.63) is 61.6 Å². The predicted molar refractivity (Wildman–Crippen MR) is 151 cm³/mol. The Morgan fingerprint density at radius 3 is 2.14 bits per heavy atom. The van der Waals surface area contributed by atoms with Crippen LogP contribution in [0.3, 0.4) is 0 Å². The molecule has 0 aliphatic heterocycles. The van der Waals surface area contributed by atoms with E-state index in [1.54, 1.807) is 30.4 Å². The van der Waals surface area contributed by atoms with Crippen LogP contribution in [0.1, 0.15) is 103 Å². The van der Waals surface area contributed by atoms with E-state index in [1.807, 2.05) is 0 Å². The summed E-state index contributed by atoms with van der Waals surface area (Å²) in [5.74, 6) is 2.85. The van der Waals surface area contributed by atoms with Gasteiger partial charge in [-0.2, -0.15) is 0 Å². The number of hydrogen-bond acceptors (Lipinski definition) is 2. The molecule has 2 unspecified atom stereocenters. The van der Waals surface area contributed by atoms with E-state index in [1.165, 1.54) is 89.9 Å². The molecule has 193 valence electrons. The van der Waals surface area contributed by atoms with Crippen molar-refractivity contribution < 1.29 is 9.53 Å². The third-order valence-electron chi connectivity index (χ3n) is 7.54. The van der Waals surface area contributed by atoms with Crippen molar-refractivity contribution >= 4 is 13.2 Å². The SMILES string of the molecule is C=C/C=C\C(=C/C=C)OCC(=O)NC(=C)CCC1CCCCC([B]C2CCCCCCC2)CCC1. The fourth-order valence-electron chi connectivity index (χ4n) is 5.60. The largest absolute Gasteiger partial charge is 0.484 e. The summed E-state index contributed by atoms with van der Waals surface area (Å²) in [6.07, 6.45) is 30.0. The van der Waals surface area contributed by atoms with Crippen LogP contribution in [0.15, 0.2) is 61.6 Å². The molecular formula is C31H49BNO2. The standard InChI is InChI=1S/C31H49BNO2/c1-4-6-22-30(15-5-2)35-25-31(34)33-26(3)23-24-27-16-12-13-20-29(21-14-17-27)32-28-18-10-8-7-9-11-19-28/h4-6,15,22,27-29H,1-3,7-14,16-21,23-25H2,(H,33,34)/b22-6-,30-15+. The quantitative estimate of drug-likeness (QED) is 0.173.